The Bertz CT molecular complexity index is 644. The van der Waals surface area contributed by atoms with E-state index in [1.54, 1.807) is 30.1 Å². The lowest BCUT2D eigenvalue weighted by Crippen LogP contribution is -2.13. The average Bonchev–Trinajstić information content (AvgIpc) is 2.41. The van der Waals surface area contributed by atoms with E-state index in [-0.39, 0.29) is 5.56 Å². The van der Waals surface area contributed by atoms with Gasteiger partial charge in [-0.05, 0) is 31.0 Å². The molecule has 1 N–H and O–H groups in total. The van der Waals surface area contributed by atoms with Crippen LogP contribution in [0.5, 0.6) is 5.75 Å². The number of hydrogen-bond acceptors (Lipinski definition) is 3. The van der Waals surface area contributed by atoms with Crippen LogP contribution in [0.15, 0.2) is 35.5 Å². The first-order valence-corrected chi connectivity index (χ1v) is 7.34. The number of thioether (sulfide) groups is 1. The highest BCUT2D eigenvalue weighted by Gasteiger charge is 2.22. The fourth-order valence-corrected chi connectivity index (χ4v) is 3.40. The van der Waals surface area contributed by atoms with E-state index in [0.29, 0.717) is 10.8 Å². The third kappa shape index (κ3) is 2.38. The molecule has 3 rings (SSSR count). The van der Waals surface area contributed by atoms with E-state index in [4.69, 9.17) is 0 Å². The molecule has 0 amide bonds. The van der Waals surface area contributed by atoms with Gasteiger partial charge in [0, 0.05) is 22.6 Å². The standard InChI is InChI=1S/C15H13F2NOS/c16-12-7-6-10(13(17)14(12)19)11-5-2-8-18-15(11)20-9-3-1-4-9/h2,5-9,19H,1,3-4H2. The lowest BCUT2D eigenvalue weighted by Gasteiger charge is -2.25. The fraction of sp³-hybridized carbons (Fsp3) is 0.267. The van der Waals surface area contributed by atoms with Gasteiger partial charge in [-0.15, -0.1) is 11.8 Å². The summed E-state index contributed by atoms with van der Waals surface area (Å²) in [6, 6.07) is 5.86. The molecule has 2 aromatic rings. The van der Waals surface area contributed by atoms with E-state index in [2.05, 4.69) is 4.98 Å². The number of rotatable bonds is 3. The van der Waals surface area contributed by atoms with Crippen LogP contribution < -0.4 is 0 Å². The summed E-state index contributed by atoms with van der Waals surface area (Å²) in [7, 11) is 0. The molecular formula is C15H13F2NOS. The van der Waals surface area contributed by atoms with E-state index in [1.807, 2.05) is 0 Å². The van der Waals surface area contributed by atoms with Gasteiger partial charge >= 0.3 is 0 Å². The summed E-state index contributed by atoms with van der Waals surface area (Å²) in [6.45, 7) is 0. The Hall–Kier alpha value is -1.62. The zero-order valence-electron chi connectivity index (χ0n) is 10.6. The quantitative estimate of drug-likeness (QED) is 0.911. The van der Waals surface area contributed by atoms with Crippen molar-refractivity contribution in [1.29, 1.82) is 0 Å². The van der Waals surface area contributed by atoms with Gasteiger partial charge in [-0.25, -0.2) is 13.8 Å². The molecule has 0 saturated heterocycles. The first-order chi connectivity index (χ1) is 9.66. The lowest BCUT2D eigenvalue weighted by atomic mass is 10.00. The average molecular weight is 293 g/mol. The van der Waals surface area contributed by atoms with Gasteiger partial charge in [0.05, 0.1) is 0 Å². The molecule has 2 nitrogen and oxygen atoms in total. The van der Waals surface area contributed by atoms with Crippen LogP contribution in [-0.4, -0.2) is 15.3 Å². The number of pyridine rings is 1. The van der Waals surface area contributed by atoms with Gasteiger partial charge in [0.2, 0.25) is 0 Å². The Labute approximate surface area is 119 Å². The van der Waals surface area contributed by atoms with Gasteiger partial charge in [-0.2, -0.15) is 0 Å². The number of phenols is 1. The summed E-state index contributed by atoms with van der Waals surface area (Å²) >= 11 is 1.62. The highest BCUT2D eigenvalue weighted by atomic mass is 32.2. The normalized spacial score (nSPS) is 15.1. The molecule has 1 aromatic heterocycles. The Morgan fingerprint density at radius 1 is 1.15 bits per heavy atom. The van der Waals surface area contributed by atoms with Crippen LogP contribution in [-0.2, 0) is 0 Å². The summed E-state index contributed by atoms with van der Waals surface area (Å²) in [5.41, 5.74) is 0.774. The topological polar surface area (TPSA) is 33.1 Å². The highest BCUT2D eigenvalue weighted by molar-refractivity contribution is 8.00. The van der Waals surface area contributed by atoms with Crippen LogP contribution in [0.1, 0.15) is 19.3 Å². The van der Waals surface area contributed by atoms with Crippen LogP contribution in [0.25, 0.3) is 11.1 Å². The van der Waals surface area contributed by atoms with Crippen molar-refractivity contribution >= 4 is 11.8 Å². The largest absolute Gasteiger partial charge is 0.503 e. The van der Waals surface area contributed by atoms with Gasteiger partial charge in [-0.1, -0.05) is 12.5 Å². The van der Waals surface area contributed by atoms with Crippen molar-refractivity contribution in [2.24, 2.45) is 0 Å². The van der Waals surface area contributed by atoms with Gasteiger partial charge in [0.1, 0.15) is 5.03 Å². The molecule has 0 aliphatic heterocycles. The second-order valence-corrected chi connectivity index (χ2v) is 6.07. The van der Waals surface area contributed by atoms with E-state index < -0.39 is 17.4 Å². The highest BCUT2D eigenvalue weighted by Crippen LogP contribution is 2.41. The van der Waals surface area contributed by atoms with Crippen molar-refractivity contribution in [3.63, 3.8) is 0 Å². The second-order valence-electron chi connectivity index (χ2n) is 4.78. The molecule has 1 saturated carbocycles. The number of benzene rings is 1. The van der Waals surface area contributed by atoms with Gasteiger partial charge in [-0.3, -0.25) is 0 Å². The molecular weight excluding hydrogens is 280 g/mol. The minimum absolute atomic E-state index is 0.179. The minimum atomic E-state index is -0.955. The molecule has 1 aliphatic rings. The first-order valence-electron chi connectivity index (χ1n) is 6.46. The van der Waals surface area contributed by atoms with Crippen molar-refractivity contribution in [1.82, 2.24) is 4.98 Å². The van der Waals surface area contributed by atoms with Crippen molar-refractivity contribution < 1.29 is 13.9 Å². The van der Waals surface area contributed by atoms with Crippen molar-refractivity contribution in [2.45, 2.75) is 29.5 Å². The fourth-order valence-electron chi connectivity index (χ4n) is 2.09. The third-order valence-corrected chi connectivity index (χ3v) is 4.81. The zero-order valence-corrected chi connectivity index (χ0v) is 11.5. The van der Waals surface area contributed by atoms with E-state index in [0.717, 1.165) is 23.9 Å². The Morgan fingerprint density at radius 3 is 2.65 bits per heavy atom. The Balaban J connectivity index is 2.03. The molecule has 1 heterocycles. The maximum absolute atomic E-state index is 14.0. The summed E-state index contributed by atoms with van der Waals surface area (Å²) < 4.78 is 27.2. The number of aromatic hydroxyl groups is 1. The molecule has 0 atom stereocenters. The molecule has 1 aromatic carbocycles. The van der Waals surface area contributed by atoms with Gasteiger partial charge < -0.3 is 5.11 Å². The molecule has 0 spiro atoms. The summed E-state index contributed by atoms with van der Waals surface area (Å²) in [4.78, 5) is 4.29. The van der Waals surface area contributed by atoms with E-state index in [9.17, 15) is 13.9 Å². The SMILES string of the molecule is Oc1c(F)ccc(-c2cccnc2SC2CCC2)c1F. The molecule has 20 heavy (non-hydrogen) atoms. The minimum Gasteiger partial charge on any atom is -0.503 e. The number of aromatic nitrogens is 1. The number of nitrogens with zero attached hydrogens (tertiary/aromatic N) is 1. The van der Waals surface area contributed by atoms with Crippen LogP contribution in [0.3, 0.4) is 0 Å². The third-order valence-electron chi connectivity index (χ3n) is 3.46. The molecule has 1 fully saturated rings. The van der Waals surface area contributed by atoms with Crippen molar-refractivity contribution in [3.8, 4) is 16.9 Å². The van der Waals surface area contributed by atoms with E-state index in [1.165, 1.54) is 12.5 Å². The molecule has 0 radical (unpaired) electrons. The summed E-state index contributed by atoms with van der Waals surface area (Å²) in [5, 5.41) is 10.6. The molecule has 0 unspecified atom stereocenters. The molecule has 1 aliphatic carbocycles. The zero-order chi connectivity index (χ0) is 14.1. The molecule has 0 bridgehead atoms. The van der Waals surface area contributed by atoms with Crippen LogP contribution in [0.4, 0.5) is 8.78 Å². The number of hydrogen-bond donors (Lipinski definition) is 1. The van der Waals surface area contributed by atoms with Crippen molar-refractivity contribution in [2.75, 3.05) is 0 Å². The monoisotopic (exact) mass is 293 g/mol. The number of halogens is 2. The predicted octanol–water partition coefficient (Wildman–Crippen LogP) is 4.38. The van der Waals surface area contributed by atoms with Crippen LogP contribution in [0, 0.1) is 11.6 Å². The predicted molar refractivity (Wildman–Crippen MR) is 74.7 cm³/mol. The first kappa shape index (κ1) is 13.4. The van der Waals surface area contributed by atoms with Crippen LogP contribution >= 0.6 is 11.8 Å². The maximum Gasteiger partial charge on any atom is 0.188 e. The van der Waals surface area contributed by atoms with Gasteiger partial charge in [0.25, 0.3) is 0 Å². The van der Waals surface area contributed by atoms with E-state index >= 15 is 0 Å². The number of phenolic OH excluding ortho intramolecular Hbond substituents is 1. The Morgan fingerprint density at radius 2 is 1.95 bits per heavy atom. The summed E-state index contributed by atoms with van der Waals surface area (Å²) in [6.07, 6.45) is 5.15. The smallest absolute Gasteiger partial charge is 0.188 e. The van der Waals surface area contributed by atoms with Gasteiger partial charge in [0.15, 0.2) is 17.4 Å². The lowest BCUT2D eigenvalue weighted by molar-refractivity contribution is 0.397. The maximum atomic E-state index is 14.0. The molecule has 5 heteroatoms. The summed E-state index contributed by atoms with van der Waals surface area (Å²) in [5.74, 6) is -2.83. The van der Waals surface area contributed by atoms with Crippen LogP contribution in [0.2, 0.25) is 0 Å². The molecule has 104 valence electrons. The second kappa shape index (κ2) is 5.40. The van der Waals surface area contributed by atoms with Crippen molar-refractivity contribution in [3.05, 3.63) is 42.1 Å². The Kier molecular flexibility index (Phi) is 3.61.